The van der Waals surface area contributed by atoms with E-state index in [1.807, 2.05) is 79.7 Å². The molecular weight excluding hydrogens is 352 g/mol. The van der Waals surface area contributed by atoms with E-state index in [0.717, 1.165) is 22.3 Å². The van der Waals surface area contributed by atoms with Crippen LogP contribution >= 0.6 is 0 Å². The first-order chi connectivity index (χ1) is 13.7. The second kappa shape index (κ2) is 9.93. The molecule has 3 aromatic carbocycles. The Morgan fingerprint density at radius 1 is 0.786 bits per heavy atom. The molecule has 1 atom stereocenters. The summed E-state index contributed by atoms with van der Waals surface area (Å²) >= 11 is 0. The second-order valence-electron chi connectivity index (χ2n) is 6.58. The summed E-state index contributed by atoms with van der Waals surface area (Å²) in [4.78, 5) is 0. The quantitative estimate of drug-likeness (QED) is 0.579. The highest BCUT2D eigenvalue weighted by Gasteiger charge is 2.21. The zero-order chi connectivity index (χ0) is 19.8. The third kappa shape index (κ3) is 4.91. The number of aryl methyl sites for hydroxylation is 1. The molecule has 28 heavy (non-hydrogen) atoms. The van der Waals surface area contributed by atoms with Crippen LogP contribution < -0.4 is 9.47 Å². The first-order valence-corrected chi connectivity index (χ1v) is 9.33. The van der Waals surface area contributed by atoms with Crippen molar-refractivity contribution >= 4 is 0 Å². The first-order valence-electron chi connectivity index (χ1n) is 9.33. The van der Waals surface area contributed by atoms with Crippen LogP contribution in [0.2, 0.25) is 0 Å². The van der Waals surface area contributed by atoms with Crippen molar-refractivity contribution in [2.75, 3.05) is 13.7 Å². The molecule has 3 rings (SSSR count). The van der Waals surface area contributed by atoms with Gasteiger partial charge in [-0.15, -0.1) is 0 Å². The van der Waals surface area contributed by atoms with Crippen molar-refractivity contribution in [2.45, 2.75) is 26.2 Å². The molecule has 0 radical (unpaired) electrons. The summed E-state index contributed by atoms with van der Waals surface area (Å²) in [5.41, 5.74) is 3.85. The standard InChI is InChI=1S/C24H26O4/c1-18-13-14-21(22(15-25)27-16-19-9-5-3-6-10-19)24(23(18)26-2)28-17-20-11-7-4-8-12-20/h3-14,22,25H,15-17H2,1-2H3. The highest BCUT2D eigenvalue weighted by Crippen LogP contribution is 2.39. The van der Waals surface area contributed by atoms with Gasteiger partial charge in [-0.1, -0.05) is 72.8 Å². The minimum atomic E-state index is -0.513. The average molecular weight is 378 g/mol. The van der Waals surface area contributed by atoms with Crippen LogP contribution in [-0.2, 0) is 18.0 Å². The Balaban J connectivity index is 1.85. The third-order valence-electron chi connectivity index (χ3n) is 4.58. The molecule has 0 spiro atoms. The Bertz CT molecular complexity index is 863. The molecule has 0 saturated heterocycles. The third-order valence-corrected chi connectivity index (χ3v) is 4.58. The summed E-state index contributed by atoms with van der Waals surface area (Å²) in [6.07, 6.45) is -0.513. The minimum Gasteiger partial charge on any atom is -0.493 e. The van der Waals surface area contributed by atoms with E-state index >= 15 is 0 Å². The molecule has 3 aromatic rings. The number of methoxy groups -OCH3 is 1. The molecule has 4 nitrogen and oxygen atoms in total. The van der Waals surface area contributed by atoms with Crippen LogP contribution in [-0.4, -0.2) is 18.8 Å². The van der Waals surface area contributed by atoms with Gasteiger partial charge in [-0.3, -0.25) is 0 Å². The van der Waals surface area contributed by atoms with Gasteiger partial charge in [-0.25, -0.2) is 0 Å². The lowest BCUT2D eigenvalue weighted by atomic mass is 10.0. The van der Waals surface area contributed by atoms with E-state index in [1.165, 1.54) is 0 Å². The topological polar surface area (TPSA) is 47.9 Å². The normalized spacial score (nSPS) is 11.8. The van der Waals surface area contributed by atoms with Crippen molar-refractivity contribution in [3.05, 3.63) is 95.1 Å². The zero-order valence-electron chi connectivity index (χ0n) is 16.3. The van der Waals surface area contributed by atoms with Crippen molar-refractivity contribution < 1.29 is 19.3 Å². The molecular formula is C24H26O4. The smallest absolute Gasteiger partial charge is 0.167 e. The fourth-order valence-corrected chi connectivity index (χ4v) is 3.07. The summed E-state index contributed by atoms with van der Waals surface area (Å²) in [6.45, 7) is 2.63. The van der Waals surface area contributed by atoms with E-state index in [2.05, 4.69) is 0 Å². The SMILES string of the molecule is COc1c(C)ccc(C(CO)OCc2ccccc2)c1OCc1ccccc1. The Hall–Kier alpha value is -2.82. The summed E-state index contributed by atoms with van der Waals surface area (Å²) in [6, 6.07) is 23.7. The van der Waals surface area contributed by atoms with Crippen LogP contribution in [0.5, 0.6) is 11.5 Å². The van der Waals surface area contributed by atoms with Crippen LogP contribution in [0.4, 0.5) is 0 Å². The van der Waals surface area contributed by atoms with Crippen LogP contribution in [0.1, 0.15) is 28.4 Å². The number of ether oxygens (including phenoxy) is 3. The van der Waals surface area contributed by atoms with Crippen molar-refractivity contribution in [1.82, 2.24) is 0 Å². The lowest BCUT2D eigenvalue weighted by molar-refractivity contribution is -0.000783. The fourth-order valence-electron chi connectivity index (χ4n) is 3.07. The average Bonchev–Trinajstić information content (AvgIpc) is 2.75. The Morgan fingerprint density at radius 3 is 1.96 bits per heavy atom. The molecule has 0 aliphatic heterocycles. The maximum Gasteiger partial charge on any atom is 0.167 e. The summed E-state index contributed by atoms with van der Waals surface area (Å²) in [7, 11) is 1.63. The largest absolute Gasteiger partial charge is 0.493 e. The zero-order valence-corrected chi connectivity index (χ0v) is 16.3. The van der Waals surface area contributed by atoms with Gasteiger partial charge >= 0.3 is 0 Å². The lowest BCUT2D eigenvalue weighted by Crippen LogP contribution is -2.12. The van der Waals surface area contributed by atoms with Crippen molar-refractivity contribution in [3.63, 3.8) is 0 Å². The van der Waals surface area contributed by atoms with Gasteiger partial charge in [0.05, 0.1) is 20.3 Å². The summed E-state index contributed by atoms with van der Waals surface area (Å²) < 4.78 is 17.8. The van der Waals surface area contributed by atoms with Crippen molar-refractivity contribution in [2.24, 2.45) is 0 Å². The Kier molecular flexibility index (Phi) is 7.06. The fraction of sp³-hybridized carbons (Fsp3) is 0.250. The molecule has 1 unspecified atom stereocenters. The van der Waals surface area contributed by atoms with E-state index in [1.54, 1.807) is 7.11 Å². The number of rotatable bonds is 9. The van der Waals surface area contributed by atoms with E-state index in [-0.39, 0.29) is 6.61 Å². The van der Waals surface area contributed by atoms with Gasteiger partial charge in [0.2, 0.25) is 0 Å². The second-order valence-corrected chi connectivity index (χ2v) is 6.58. The first kappa shape index (κ1) is 19.9. The summed E-state index contributed by atoms with van der Waals surface area (Å²) in [5, 5.41) is 9.98. The molecule has 4 heteroatoms. The summed E-state index contributed by atoms with van der Waals surface area (Å²) in [5.74, 6) is 1.27. The Morgan fingerprint density at radius 2 is 1.39 bits per heavy atom. The van der Waals surface area contributed by atoms with Gasteiger partial charge in [0, 0.05) is 5.56 Å². The molecule has 0 aliphatic carbocycles. The number of aliphatic hydroxyl groups is 1. The van der Waals surface area contributed by atoms with Crippen LogP contribution in [0.25, 0.3) is 0 Å². The predicted molar refractivity (Wildman–Crippen MR) is 110 cm³/mol. The number of benzene rings is 3. The number of hydrogen-bond donors (Lipinski definition) is 1. The highest BCUT2D eigenvalue weighted by molar-refractivity contribution is 5.52. The van der Waals surface area contributed by atoms with E-state index < -0.39 is 6.10 Å². The molecule has 0 fully saturated rings. The van der Waals surface area contributed by atoms with Gasteiger partial charge in [0.1, 0.15) is 12.7 Å². The molecule has 0 aromatic heterocycles. The number of aliphatic hydroxyl groups excluding tert-OH is 1. The van der Waals surface area contributed by atoms with Gasteiger partial charge in [-0.2, -0.15) is 0 Å². The van der Waals surface area contributed by atoms with Gasteiger partial charge in [-0.05, 0) is 23.6 Å². The maximum absolute atomic E-state index is 9.98. The molecule has 146 valence electrons. The van der Waals surface area contributed by atoms with Gasteiger partial charge < -0.3 is 19.3 Å². The van der Waals surface area contributed by atoms with E-state index in [9.17, 15) is 5.11 Å². The van der Waals surface area contributed by atoms with E-state index in [4.69, 9.17) is 14.2 Å². The van der Waals surface area contributed by atoms with Gasteiger partial charge in [0.15, 0.2) is 11.5 Å². The van der Waals surface area contributed by atoms with Crippen LogP contribution in [0.3, 0.4) is 0 Å². The lowest BCUT2D eigenvalue weighted by Gasteiger charge is -2.22. The predicted octanol–water partition coefficient (Wildman–Crippen LogP) is 4.83. The van der Waals surface area contributed by atoms with Crippen molar-refractivity contribution in [1.29, 1.82) is 0 Å². The van der Waals surface area contributed by atoms with Crippen LogP contribution in [0.15, 0.2) is 72.8 Å². The molecule has 0 bridgehead atoms. The molecule has 0 amide bonds. The maximum atomic E-state index is 9.98. The van der Waals surface area contributed by atoms with Gasteiger partial charge in [0.25, 0.3) is 0 Å². The van der Waals surface area contributed by atoms with Crippen LogP contribution in [0, 0.1) is 6.92 Å². The number of hydrogen-bond acceptors (Lipinski definition) is 4. The van der Waals surface area contributed by atoms with E-state index in [0.29, 0.717) is 24.7 Å². The molecule has 0 saturated carbocycles. The molecule has 0 heterocycles. The molecule has 1 N–H and O–H groups in total. The highest BCUT2D eigenvalue weighted by atomic mass is 16.5. The molecule has 0 aliphatic rings. The monoisotopic (exact) mass is 378 g/mol. The van der Waals surface area contributed by atoms with Crippen molar-refractivity contribution in [3.8, 4) is 11.5 Å². The Labute approximate surface area is 166 Å². The minimum absolute atomic E-state index is 0.152.